The van der Waals surface area contributed by atoms with Gasteiger partial charge in [-0.15, -0.1) is 0 Å². The first-order valence-corrected chi connectivity index (χ1v) is 5.64. The highest BCUT2D eigenvalue weighted by molar-refractivity contribution is 5.30. The Bertz CT molecular complexity index is 407. The van der Waals surface area contributed by atoms with Crippen molar-refractivity contribution in [3.05, 3.63) is 38.8 Å². The van der Waals surface area contributed by atoms with Gasteiger partial charge in [0.05, 0.1) is 23.6 Å². The maximum atomic E-state index is 11.7. The van der Waals surface area contributed by atoms with Crippen LogP contribution in [0.4, 0.5) is 5.69 Å². The molecule has 0 saturated heterocycles. The van der Waals surface area contributed by atoms with E-state index >= 15 is 0 Å². The van der Waals surface area contributed by atoms with Gasteiger partial charge in [0, 0.05) is 6.92 Å². The molecule has 1 heterocycles. The van der Waals surface area contributed by atoms with Gasteiger partial charge in [-0.25, -0.2) is 0 Å². The van der Waals surface area contributed by atoms with Crippen molar-refractivity contribution in [2.24, 2.45) is 0 Å². The Balaban J connectivity index is 2.79. The molecular weight excluding hydrogens is 222 g/mol. The average Bonchev–Trinajstić information content (AvgIpc) is 2.29. The van der Waals surface area contributed by atoms with Crippen LogP contribution in [0.15, 0.2) is 12.1 Å². The van der Waals surface area contributed by atoms with Crippen LogP contribution in [0, 0.1) is 22.2 Å². The molecule has 0 spiro atoms. The Kier molecular flexibility index (Phi) is 4.84. The molecule has 0 atom stereocenters. The molecule has 0 unspecified atom stereocenters. The number of aryl methyl sites for hydroxylation is 1. The van der Waals surface area contributed by atoms with Crippen LogP contribution in [0.2, 0.25) is 0 Å². The Morgan fingerprint density at radius 1 is 1.47 bits per heavy atom. The number of rotatable bonds is 6. The van der Waals surface area contributed by atoms with Gasteiger partial charge in [0.15, 0.2) is 5.69 Å². The number of hydrogen-bond acceptors (Lipinski definition) is 4. The first kappa shape index (κ1) is 13.4. The zero-order valence-electron chi connectivity index (χ0n) is 10.1. The van der Waals surface area contributed by atoms with Gasteiger partial charge in [0.1, 0.15) is 0 Å². The van der Waals surface area contributed by atoms with Crippen molar-refractivity contribution in [2.45, 2.75) is 33.2 Å². The summed E-state index contributed by atoms with van der Waals surface area (Å²) in [4.78, 5) is 10.2. The van der Waals surface area contributed by atoms with Crippen LogP contribution in [-0.4, -0.2) is 11.5 Å². The third-order valence-electron chi connectivity index (χ3n) is 2.48. The summed E-state index contributed by atoms with van der Waals surface area (Å²) in [5.74, 6) is 0. The predicted octanol–water partition coefficient (Wildman–Crippen LogP) is 1.43. The monoisotopic (exact) mass is 239 g/mol. The minimum absolute atomic E-state index is 0.0399. The lowest BCUT2D eigenvalue weighted by Gasteiger charge is -2.07. The van der Waals surface area contributed by atoms with E-state index in [1.54, 1.807) is 6.92 Å². The summed E-state index contributed by atoms with van der Waals surface area (Å²) in [7, 11) is 0. The number of aromatic nitrogens is 1. The molecule has 0 radical (unpaired) electrons. The van der Waals surface area contributed by atoms with Crippen LogP contribution in [0.5, 0.6) is 0 Å². The highest BCUT2D eigenvalue weighted by Crippen LogP contribution is 2.12. The van der Waals surface area contributed by atoms with E-state index < -0.39 is 4.92 Å². The summed E-state index contributed by atoms with van der Waals surface area (Å²) in [6.45, 7) is 4.80. The quantitative estimate of drug-likeness (QED) is 0.267. The highest BCUT2D eigenvalue weighted by atomic mass is 16.6. The largest absolute Gasteiger partial charge is 0.618 e. The normalized spacial score (nSPS) is 10.5. The van der Waals surface area contributed by atoms with Crippen LogP contribution in [-0.2, 0) is 6.54 Å². The van der Waals surface area contributed by atoms with Crippen molar-refractivity contribution in [1.29, 1.82) is 0 Å². The lowest BCUT2D eigenvalue weighted by molar-refractivity contribution is -0.621. The minimum atomic E-state index is -0.484. The van der Waals surface area contributed by atoms with Crippen LogP contribution in [0.3, 0.4) is 0 Å². The van der Waals surface area contributed by atoms with Gasteiger partial charge >= 0.3 is 0 Å². The molecule has 0 saturated carbocycles. The second kappa shape index (κ2) is 6.15. The third-order valence-corrected chi connectivity index (χ3v) is 2.48. The first-order chi connectivity index (χ1) is 8.06. The van der Waals surface area contributed by atoms with Crippen molar-refractivity contribution in [3.8, 4) is 0 Å². The van der Waals surface area contributed by atoms with Crippen molar-refractivity contribution in [1.82, 2.24) is 5.32 Å². The molecule has 6 nitrogen and oxygen atoms in total. The minimum Gasteiger partial charge on any atom is -0.618 e. The van der Waals surface area contributed by atoms with Gasteiger partial charge in [-0.3, -0.25) is 10.1 Å². The molecule has 17 heavy (non-hydrogen) atoms. The van der Waals surface area contributed by atoms with Crippen molar-refractivity contribution in [3.63, 3.8) is 0 Å². The van der Waals surface area contributed by atoms with E-state index in [0.717, 1.165) is 24.1 Å². The molecule has 1 rings (SSSR count). The number of nitro groups is 1. The lowest BCUT2D eigenvalue weighted by Crippen LogP contribution is -2.37. The summed E-state index contributed by atoms with van der Waals surface area (Å²) in [6.07, 6.45) is 2.09. The molecule has 0 amide bonds. The number of unbranched alkanes of at least 4 members (excludes halogenated alkanes) is 1. The summed E-state index contributed by atoms with van der Waals surface area (Å²) in [5.41, 5.74) is 0.682. The molecule has 94 valence electrons. The van der Waals surface area contributed by atoms with E-state index in [0.29, 0.717) is 17.9 Å². The third kappa shape index (κ3) is 3.67. The maximum Gasteiger partial charge on any atom is 0.282 e. The molecule has 1 N–H and O–H groups in total. The maximum absolute atomic E-state index is 11.7. The van der Waals surface area contributed by atoms with Crippen LogP contribution >= 0.6 is 0 Å². The van der Waals surface area contributed by atoms with Crippen LogP contribution in [0.25, 0.3) is 0 Å². The fraction of sp³-hybridized carbons (Fsp3) is 0.545. The van der Waals surface area contributed by atoms with Gasteiger partial charge in [0.25, 0.3) is 5.69 Å². The van der Waals surface area contributed by atoms with Crippen LogP contribution < -0.4 is 10.0 Å². The summed E-state index contributed by atoms with van der Waals surface area (Å²) >= 11 is 0. The topological polar surface area (TPSA) is 82.1 Å². The molecule has 0 aliphatic heterocycles. The van der Waals surface area contributed by atoms with Gasteiger partial charge in [0.2, 0.25) is 5.69 Å². The fourth-order valence-electron chi connectivity index (χ4n) is 1.52. The molecule has 0 aromatic carbocycles. The second-order valence-corrected chi connectivity index (χ2v) is 3.93. The molecule has 1 aromatic rings. The zero-order chi connectivity index (χ0) is 12.8. The molecule has 0 bridgehead atoms. The predicted molar refractivity (Wildman–Crippen MR) is 63.4 cm³/mol. The van der Waals surface area contributed by atoms with Crippen LogP contribution in [0.1, 0.15) is 31.2 Å². The van der Waals surface area contributed by atoms with Gasteiger partial charge in [-0.05, 0) is 13.0 Å². The van der Waals surface area contributed by atoms with Crippen molar-refractivity contribution < 1.29 is 9.65 Å². The van der Waals surface area contributed by atoms with Gasteiger partial charge < -0.3 is 10.5 Å². The molecule has 6 heteroatoms. The van der Waals surface area contributed by atoms with Crippen molar-refractivity contribution >= 4 is 5.69 Å². The molecule has 0 fully saturated rings. The molecule has 0 aliphatic carbocycles. The molecule has 0 aliphatic rings. The Hall–Kier alpha value is -1.69. The standard InChI is InChI=1S/C11H17N3O3/c1-3-4-5-12-8-11-7-10(14(16)17)6-9(2)13(11)15/h6-7,12H,3-5,8H2,1-2H3. The Morgan fingerprint density at radius 3 is 2.76 bits per heavy atom. The van der Waals surface area contributed by atoms with E-state index in [-0.39, 0.29) is 5.69 Å². The van der Waals surface area contributed by atoms with E-state index in [4.69, 9.17) is 0 Å². The smallest absolute Gasteiger partial charge is 0.282 e. The first-order valence-electron chi connectivity index (χ1n) is 5.64. The zero-order valence-corrected chi connectivity index (χ0v) is 10.1. The highest BCUT2D eigenvalue weighted by Gasteiger charge is 2.16. The second-order valence-electron chi connectivity index (χ2n) is 3.93. The number of nitrogens with one attached hydrogen (secondary N) is 1. The lowest BCUT2D eigenvalue weighted by atomic mass is 10.2. The van der Waals surface area contributed by atoms with E-state index in [9.17, 15) is 15.3 Å². The number of pyridine rings is 1. The van der Waals surface area contributed by atoms with E-state index in [2.05, 4.69) is 12.2 Å². The van der Waals surface area contributed by atoms with Crippen molar-refractivity contribution in [2.75, 3.05) is 6.54 Å². The van der Waals surface area contributed by atoms with E-state index in [1.807, 2.05) is 0 Å². The molecule has 1 aromatic heterocycles. The fourth-order valence-corrected chi connectivity index (χ4v) is 1.52. The SMILES string of the molecule is CCCCNCc1cc([N+](=O)[O-])cc(C)[n+]1[O-]. The Morgan fingerprint density at radius 2 is 2.18 bits per heavy atom. The number of hydrogen-bond donors (Lipinski definition) is 1. The summed E-state index contributed by atoms with van der Waals surface area (Å²) < 4.78 is 0.728. The summed E-state index contributed by atoms with van der Waals surface area (Å²) in [6, 6.07) is 2.60. The van der Waals surface area contributed by atoms with Gasteiger partial charge in [-0.1, -0.05) is 13.3 Å². The number of nitrogens with zero attached hydrogens (tertiary/aromatic N) is 2. The Labute approximate surface area is 100 Å². The average molecular weight is 239 g/mol. The van der Waals surface area contributed by atoms with E-state index in [1.165, 1.54) is 12.1 Å². The molecular formula is C11H17N3O3. The summed E-state index contributed by atoms with van der Waals surface area (Å²) in [5, 5.41) is 25.4. The van der Waals surface area contributed by atoms with Gasteiger partial charge in [-0.2, -0.15) is 4.73 Å².